The van der Waals surface area contributed by atoms with Crippen molar-refractivity contribution < 1.29 is 15.0 Å². The third-order valence-electron chi connectivity index (χ3n) is 2.92. The molecule has 2 N–H and O–H groups in total. The fourth-order valence-corrected chi connectivity index (χ4v) is 1.79. The van der Waals surface area contributed by atoms with Crippen molar-refractivity contribution in [3.63, 3.8) is 0 Å². The highest BCUT2D eigenvalue weighted by atomic mass is 16.4. The molecular formula is C10H16O3. The van der Waals surface area contributed by atoms with Crippen molar-refractivity contribution in [1.29, 1.82) is 0 Å². The summed E-state index contributed by atoms with van der Waals surface area (Å²) in [6.45, 7) is 5.52. The minimum absolute atomic E-state index is 0.0382. The molecule has 3 heteroatoms. The molecular weight excluding hydrogens is 168 g/mol. The molecule has 1 aliphatic rings. The van der Waals surface area contributed by atoms with Gasteiger partial charge in [0.2, 0.25) is 0 Å². The van der Waals surface area contributed by atoms with Gasteiger partial charge in [-0.05, 0) is 31.1 Å². The van der Waals surface area contributed by atoms with E-state index in [0.717, 1.165) is 12.8 Å². The molecule has 3 unspecified atom stereocenters. The summed E-state index contributed by atoms with van der Waals surface area (Å²) in [5.74, 6) is -0.687. The Labute approximate surface area is 78.1 Å². The summed E-state index contributed by atoms with van der Waals surface area (Å²) in [5, 5.41) is 18.2. The first-order chi connectivity index (χ1) is 6.02. The number of carboxylic acids is 1. The van der Waals surface area contributed by atoms with Gasteiger partial charge in [0.05, 0.1) is 6.10 Å². The minimum Gasteiger partial charge on any atom is -0.478 e. The Morgan fingerprint density at radius 1 is 1.46 bits per heavy atom. The smallest absolute Gasteiger partial charge is 0.331 e. The lowest BCUT2D eigenvalue weighted by Gasteiger charge is -2.30. The van der Waals surface area contributed by atoms with Crippen LogP contribution in [0.3, 0.4) is 0 Å². The highest BCUT2D eigenvalue weighted by Gasteiger charge is 2.29. The maximum atomic E-state index is 10.6. The van der Waals surface area contributed by atoms with Crippen LogP contribution in [0.15, 0.2) is 12.2 Å². The fraction of sp³-hybridized carbons (Fsp3) is 0.700. The predicted octanol–water partition coefficient (Wildman–Crippen LogP) is 1.42. The zero-order chi connectivity index (χ0) is 10.0. The van der Waals surface area contributed by atoms with E-state index in [1.54, 1.807) is 0 Å². The fourth-order valence-electron chi connectivity index (χ4n) is 1.79. The van der Waals surface area contributed by atoms with Crippen LogP contribution in [0.4, 0.5) is 0 Å². The Balaban J connectivity index is 2.55. The first kappa shape index (κ1) is 10.3. The number of hydrogen-bond donors (Lipinski definition) is 2. The molecule has 13 heavy (non-hydrogen) atoms. The third kappa shape index (κ3) is 2.31. The summed E-state index contributed by atoms with van der Waals surface area (Å²) in [7, 11) is 0. The topological polar surface area (TPSA) is 57.5 Å². The van der Waals surface area contributed by atoms with E-state index in [1.165, 1.54) is 0 Å². The molecule has 1 aliphatic carbocycles. The summed E-state index contributed by atoms with van der Waals surface area (Å²) in [4.78, 5) is 10.6. The highest BCUT2D eigenvalue weighted by molar-refractivity contribution is 5.86. The van der Waals surface area contributed by atoms with Crippen molar-refractivity contribution >= 4 is 5.97 Å². The van der Waals surface area contributed by atoms with Crippen molar-refractivity contribution in [3.8, 4) is 0 Å². The second-order valence-corrected chi connectivity index (χ2v) is 3.88. The van der Waals surface area contributed by atoms with E-state index in [9.17, 15) is 9.90 Å². The summed E-state index contributed by atoms with van der Waals surface area (Å²) < 4.78 is 0. The minimum atomic E-state index is -0.938. The van der Waals surface area contributed by atoms with E-state index in [1.807, 2.05) is 6.92 Å². The van der Waals surface area contributed by atoms with Gasteiger partial charge < -0.3 is 10.2 Å². The van der Waals surface area contributed by atoms with E-state index < -0.39 is 5.97 Å². The Bertz CT molecular complexity index is 222. The molecule has 1 rings (SSSR count). The summed E-state index contributed by atoms with van der Waals surface area (Å²) in [6.07, 6.45) is 1.91. The van der Waals surface area contributed by atoms with Crippen molar-refractivity contribution in [1.82, 2.24) is 0 Å². The van der Waals surface area contributed by atoms with Crippen molar-refractivity contribution in [2.45, 2.75) is 32.3 Å². The Hall–Kier alpha value is -0.830. The number of aliphatic hydroxyl groups excluding tert-OH is 1. The normalized spacial score (nSPS) is 34.2. The molecule has 0 aromatic rings. The van der Waals surface area contributed by atoms with Crippen LogP contribution in [0, 0.1) is 11.8 Å². The summed E-state index contributed by atoms with van der Waals surface area (Å²) >= 11 is 0. The maximum Gasteiger partial charge on any atom is 0.331 e. The number of aliphatic hydroxyl groups is 1. The lowest BCUT2D eigenvalue weighted by Crippen LogP contribution is -2.29. The monoisotopic (exact) mass is 184 g/mol. The Morgan fingerprint density at radius 3 is 2.54 bits per heavy atom. The molecule has 1 fully saturated rings. The third-order valence-corrected chi connectivity index (χ3v) is 2.92. The molecule has 0 aromatic carbocycles. The summed E-state index contributed by atoms with van der Waals surface area (Å²) in [5.41, 5.74) is 0.242. The number of aliphatic carboxylic acids is 1. The van der Waals surface area contributed by atoms with Crippen LogP contribution in [-0.4, -0.2) is 22.3 Å². The number of carboxylic acid groups (broad SMARTS) is 1. The van der Waals surface area contributed by atoms with Gasteiger partial charge in [-0.25, -0.2) is 4.79 Å². The van der Waals surface area contributed by atoms with E-state index in [-0.39, 0.29) is 23.5 Å². The Kier molecular flexibility index (Phi) is 3.09. The molecule has 0 aromatic heterocycles. The van der Waals surface area contributed by atoms with Crippen LogP contribution in [0.5, 0.6) is 0 Å². The second-order valence-electron chi connectivity index (χ2n) is 3.88. The van der Waals surface area contributed by atoms with Crippen LogP contribution in [-0.2, 0) is 4.79 Å². The van der Waals surface area contributed by atoms with Crippen LogP contribution >= 0.6 is 0 Å². The van der Waals surface area contributed by atoms with Gasteiger partial charge >= 0.3 is 5.97 Å². The van der Waals surface area contributed by atoms with Crippen LogP contribution in [0.1, 0.15) is 26.2 Å². The van der Waals surface area contributed by atoms with Gasteiger partial charge in [0.15, 0.2) is 0 Å². The van der Waals surface area contributed by atoms with Crippen LogP contribution in [0.2, 0.25) is 0 Å². The molecule has 0 heterocycles. The van der Waals surface area contributed by atoms with Gasteiger partial charge in [0, 0.05) is 5.57 Å². The SMILES string of the molecule is C=C(C(=O)O)C1CCC(C)C(O)C1. The van der Waals surface area contributed by atoms with Crippen molar-refractivity contribution in [2.75, 3.05) is 0 Å². The van der Waals surface area contributed by atoms with Gasteiger partial charge in [-0.2, -0.15) is 0 Å². The van der Waals surface area contributed by atoms with Crippen molar-refractivity contribution in [3.05, 3.63) is 12.2 Å². The molecule has 0 bridgehead atoms. The zero-order valence-corrected chi connectivity index (χ0v) is 7.86. The lowest BCUT2D eigenvalue weighted by molar-refractivity contribution is -0.133. The quantitative estimate of drug-likeness (QED) is 0.638. The van der Waals surface area contributed by atoms with Gasteiger partial charge in [-0.3, -0.25) is 0 Å². The maximum absolute atomic E-state index is 10.6. The molecule has 3 atom stereocenters. The van der Waals surface area contributed by atoms with E-state index >= 15 is 0 Å². The molecule has 0 aliphatic heterocycles. The molecule has 3 nitrogen and oxygen atoms in total. The van der Waals surface area contributed by atoms with Crippen LogP contribution < -0.4 is 0 Å². The molecule has 1 saturated carbocycles. The molecule has 74 valence electrons. The molecule has 0 amide bonds. The first-order valence-corrected chi connectivity index (χ1v) is 4.62. The van der Waals surface area contributed by atoms with Gasteiger partial charge in [0.25, 0.3) is 0 Å². The first-order valence-electron chi connectivity index (χ1n) is 4.62. The summed E-state index contributed by atoms with van der Waals surface area (Å²) in [6, 6.07) is 0. The average molecular weight is 184 g/mol. The van der Waals surface area contributed by atoms with Gasteiger partial charge in [-0.1, -0.05) is 13.5 Å². The predicted molar refractivity (Wildman–Crippen MR) is 49.3 cm³/mol. The lowest BCUT2D eigenvalue weighted by atomic mass is 9.78. The second kappa shape index (κ2) is 3.92. The largest absolute Gasteiger partial charge is 0.478 e. The number of rotatable bonds is 2. The number of hydrogen-bond acceptors (Lipinski definition) is 2. The standard InChI is InChI=1S/C10H16O3/c1-6-3-4-8(5-9(6)11)7(2)10(12)13/h6,8-9,11H,2-5H2,1H3,(H,12,13). The molecule has 0 spiro atoms. The van der Waals surface area contributed by atoms with E-state index in [0.29, 0.717) is 6.42 Å². The average Bonchev–Trinajstić information content (AvgIpc) is 2.08. The molecule has 0 saturated heterocycles. The van der Waals surface area contributed by atoms with E-state index in [2.05, 4.69) is 6.58 Å². The Morgan fingerprint density at radius 2 is 2.08 bits per heavy atom. The number of carbonyl (C=O) groups is 1. The van der Waals surface area contributed by atoms with Crippen molar-refractivity contribution in [2.24, 2.45) is 11.8 Å². The van der Waals surface area contributed by atoms with Crippen LogP contribution in [0.25, 0.3) is 0 Å². The zero-order valence-electron chi connectivity index (χ0n) is 7.86. The molecule has 0 radical (unpaired) electrons. The van der Waals surface area contributed by atoms with Gasteiger partial charge in [0.1, 0.15) is 0 Å². The van der Waals surface area contributed by atoms with Gasteiger partial charge in [-0.15, -0.1) is 0 Å². The van der Waals surface area contributed by atoms with E-state index in [4.69, 9.17) is 5.11 Å². The highest BCUT2D eigenvalue weighted by Crippen LogP contribution is 2.32.